The first kappa shape index (κ1) is 25.1. The van der Waals surface area contributed by atoms with Crippen LogP contribution in [0.25, 0.3) is 0 Å². The summed E-state index contributed by atoms with van der Waals surface area (Å²) in [6, 6.07) is 11.5. The molecular formula is C26H32N8O2. The predicted molar refractivity (Wildman–Crippen MR) is 143 cm³/mol. The van der Waals surface area contributed by atoms with E-state index < -0.39 is 0 Å². The number of amides is 1. The molecule has 0 aliphatic carbocycles. The summed E-state index contributed by atoms with van der Waals surface area (Å²) >= 11 is 0. The number of carbonyl (C=O) groups is 1. The zero-order chi connectivity index (χ0) is 25.3. The van der Waals surface area contributed by atoms with Crippen LogP contribution in [0.1, 0.15) is 11.3 Å². The van der Waals surface area contributed by atoms with Crippen molar-refractivity contribution in [1.82, 2.24) is 19.9 Å². The van der Waals surface area contributed by atoms with Crippen LogP contribution in [0.2, 0.25) is 0 Å². The highest BCUT2D eigenvalue weighted by Gasteiger charge is 2.17. The fourth-order valence-corrected chi connectivity index (χ4v) is 3.97. The second kappa shape index (κ2) is 12.1. The summed E-state index contributed by atoms with van der Waals surface area (Å²) in [6.07, 6.45) is 4.81. The number of nitrogens with zero attached hydrogens (tertiary/aromatic N) is 5. The van der Waals surface area contributed by atoms with Gasteiger partial charge in [-0.2, -0.15) is 0 Å². The van der Waals surface area contributed by atoms with Crippen molar-refractivity contribution >= 4 is 34.7 Å². The number of piperazine rings is 1. The van der Waals surface area contributed by atoms with Crippen molar-refractivity contribution in [2.24, 2.45) is 0 Å². The molecule has 1 aliphatic rings. The molecule has 36 heavy (non-hydrogen) atoms. The highest BCUT2D eigenvalue weighted by molar-refractivity contribution is 5.99. The second-order valence-electron chi connectivity index (χ2n) is 8.53. The standard InChI is InChI=1S/C26H32N8O2/c1-3-25(36)30-21-6-4-5-20(15-21)28-18-23-19(2)17-29-26(31-23)32-24-16-22(7-8-27-24)34-11-9-33(10-12-34)13-14-35/h3-8,15-17,28,35H,1,9-14,18H2,2H3,(H,30,36)(H,27,29,31,32). The minimum atomic E-state index is -0.254. The lowest BCUT2D eigenvalue weighted by atomic mass is 10.2. The van der Waals surface area contributed by atoms with Gasteiger partial charge in [0.05, 0.1) is 18.8 Å². The van der Waals surface area contributed by atoms with Crippen molar-refractivity contribution < 1.29 is 9.90 Å². The molecule has 188 valence electrons. The van der Waals surface area contributed by atoms with Crippen LogP contribution in [-0.2, 0) is 11.3 Å². The molecular weight excluding hydrogens is 456 g/mol. The molecule has 1 aliphatic heterocycles. The Kier molecular flexibility index (Phi) is 8.43. The number of aliphatic hydroxyl groups is 1. The first-order chi connectivity index (χ1) is 17.5. The molecule has 1 saturated heterocycles. The first-order valence-electron chi connectivity index (χ1n) is 11.9. The van der Waals surface area contributed by atoms with Crippen LogP contribution in [0.5, 0.6) is 0 Å². The fraction of sp³-hybridized carbons (Fsp3) is 0.308. The average Bonchev–Trinajstić information content (AvgIpc) is 2.90. The van der Waals surface area contributed by atoms with Gasteiger partial charge < -0.3 is 26.0 Å². The summed E-state index contributed by atoms with van der Waals surface area (Å²) in [7, 11) is 0. The third kappa shape index (κ3) is 6.77. The van der Waals surface area contributed by atoms with Gasteiger partial charge in [-0.05, 0) is 42.8 Å². The largest absolute Gasteiger partial charge is 0.395 e. The molecule has 0 spiro atoms. The molecule has 3 aromatic rings. The van der Waals surface area contributed by atoms with Crippen LogP contribution in [0.3, 0.4) is 0 Å². The van der Waals surface area contributed by atoms with Crippen LogP contribution in [-0.4, -0.2) is 70.2 Å². The number of pyridine rings is 1. The number of benzene rings is 1. The summed E-state index contributed by atoms with van der Waals surface area (Å²) in [5.41, 5.74) is 4.45. The number of hydrogen-bond donors (Lipinski definition) is 4. The Morgan fingerprint density at radius 3 is 2.72 bits per heavy atom. The summed E-state index contributed by atoms with van der Waals surface area (Å²) in [5, 5.41) is 18.5. The maximum absolute atomic E-state index is 11.6. The van der Waals surface area contributed by atoms with Crippen molar-refractivity contribution in [1.29, 1.82) is 0 Å². The number of aryl methyl sites for hydroxylation is 1. The number of anilines is 5. The third-order valence-corrected chi connectivity index (χ3v) is 5.99. The quantitative estimate of drug-likeness (QED) is 0.320. The Morgan fingerprint density at radius 1 is 1.14 bits per heavy atom. The zero-order valence-electron chi connectivity index (χ0n) is 20.4. The molecule has 0 radical (unpaired) electrons. The summed E-state index contributed by atoms with van der Waals surface area (Å²) < 4.78 is 0. The van der Waals surface area contributed by atoms with Gasteiger partial charge in [0.15, 0.2) is 0 Å². The van der Waals surface area contributed by atoms with Crippen molar-refractivity contribution in [3.63, 3.8) is 0 Å². The molecule has 4 rings (SSSR count). The van der Waals surface area contributed by atoms with E-state index in [9.17, 15) is 4.79 Å². The van der Waals surface area contributed by atoms with Crippen molar-refractivity contribution in [3.8, 4) is 0 Å². The van der Waals surface area contributed by atoms with E-state index in [4.69, 9.17) is 5.11 Å². The molecule has 1 fully saturated rings. The van der Waals surface area contributed by atoms with E-state index in [1.807, 2.05) is 43.3 Å². The first-order valence-corrected chi connectivity index (χ1v) is 11.9. The molecule has 0 saturated carbocycles. The minimum Gasteiger partial charge on any atom is -0.395 e. The molecule has 10 heteroatoms. The predicted octanol–water partition coefficient (Wildman–Crippen LogP) is 2.77. The van der Waals surface area contributed by atoms with Gasteiger partial charge in [0.1, 0.15) is 5.82 Å². The van der Waals surface area contributed by atoms with Gasteiger partial charge in [0, 0.05) is 68.2 Å². The van der Waals surface area contributed by atoms with Gasteiger partial charge in [-0.15, -0.1) is 0 Å². The third-order valence-electron chi connectivity index (χ3n) is 5.99. The zero-order valence-corrected chi connectivity index (χ0v) is 20.4. The highest BCUT2D eigenvalue weighted by atomic mass is 16.3. The number of carbonyl (C=O) groups excluding carboxylic acids is 1. The lowest BCUT2D eigenvalue weighted by Crippen LogP contribution is -2.47. The van der Waals surface area contributed by atoms with Gasteiger partial charge >= 0.3 is 0 Å². The molecule has 3 heterocycles. The number of aliphatic hydroxyl groups excluding tert-OH is 1. The summed E-state index contributed by atoms with van der Waals surface area (Å²) in [5.74, 6) is 0.900. The summed E-state index contributed by atoms with van der Waals surface area (Å²) in [4.78, 5) is 29.7. The van der Waals surface area contributed by atoms with Crippen molar-refractivity contribution in [3.05, 3.63) is 72.7 Å². The van der Waals surface area contributed by atoms with Crippen molar-refractivity contribution in [2.45, 2.75) is 13.5 Å². The normalized spacial score (nSPS) is 13.8. The van der Waals surface area contributed by atoms with E-state index in [2.05, 4.69) is 47.3 Å². The fourth-order valence-electron chi connectivity index (χ4n) is 3.97. The topological polar surface area (TPSA) is 119 Å². The van der Waals surface area contributed by atoms with E-state index in [0.29, 0.717) is 24.0 Å². The maximum atomic E-state index is 11.6. The second-order valence-corrected chi connectivity index (χ2v) is 8.53. The SMILES string of the molecule is C=CC(=O)Nc1cccc(NCc2nc(Nc3cc(N4CCN(CCO)CC4)ccn3)ncc2C)c1. The number of aromatic nitrogens is 3. The molecule has 2 aromatic heterocycles. The Morgan fingerprint density at radius 2 is 1.94 bits per heavy atom. The Bertz CT molecular complexity index is 1190. The molecule has 4 N–H and O–H groups in total. The van der Waals surface area contributed by atoms with Crippen LogP contribution in [0.15, 0.2) is 61.4 Å². The van der Waals surface area contributed by atoms with Gasteiger partial charge in [-0.1, -0.05) is 12.6 Å². The molecule has 1 amide bonds. The van der Waals surface area contributed by atoms with Crippen LogP contribution in [0, 0.1) is 6.92 Å². The Hall–Kier alpha value is -4.02. The van der Waals surface area contributed by atoms with Gasteiger partial charge in [0.25, 0.3) is 0 Å². The number of hydrogen-bond acceptors (Lipinski definition) is 9. The molecule has 10 nitrogen and oxygen atoms in total. The van der Waals surface area contributed by atoms with E-state index in [1.165, 1.54) is 6.08 Å². The van der Waals surface area contributed by atoms with Crippen LogP contribution >= 0.6 is 0 Å². The number of nitrogens with one attached hydrogen (secondary N) is 3. The minimum absolute atomic E-state index is 0.192. The van der Waals surface area contributed by atoms with E-state index in [1.54, 1.807) is 12.4 Å². The molecule has 1 aromatic carbocycles. The Labute approximate surface area is 211 Å². The lowest BCUT2D eigenvalue weighted by molar-refractivity contribution is -0.111. The maximum Gasteiger partial charge on any atom is 0.247 e. The lowest BCUT2D eigenvalue weighted by Gasteiger charge is -2.35. The van der Waals surface area contributed by atoms with E-state index >= 15 is 0 Å². The monoisotopic (exact) mass is 488 g/mol. The van der Waals surface area contributed by atoms with E-state index in [0.717, 1.165) is 55.4 Å². The van der Waals surface area contributed by atoms with Crippen LogP contribution in [0.4, 0.5) is 28.8 Å². The highest BCUT2D eigenvalue weighted by Crippen LogP contribution is 2.22. The molecule has 0 bridgehead atoms. The average molecular weight is 489 g/mol. The number of rotatable bonds is 10. The van der Waals surface area contributed by atoms with Crippen LogP contribution < -0.4 is 20.9 Å². The van der Waals surface area contributed by atoms with Gasteiger partial charge in [-0.3, -0.25) is 9.69 Å². The molecule has 0 atom stereocenters. The number of β-amino-alcohol motifs (C(OH)–C–C–N with tert-alkyl or cyclic N) is 1. The smallest absolute Gasteiger partial charge is 0.247 e. The van der Waals surface area contributed by atoms with Gasteiger partial charge in [-0.25, -0.2) is 15.0 Å². The Balaban J connectivity index is 1.39. The van der Waals surface area contributed by atoms with Crippen molar-refractivity contribution in [2.75, 3.05) is 60.2 Å². The summed E-state index contributed by atoms with van der Waals surface area (Å²) in [6.45, 7) is 10.5. The van der Waals surface area contributed by atoms with Gasteiger partial charge in [0.2, 0.25) is 11.9 Å². The van der Waals surface area contributed by atoms with E-state index in [-0.39, 0.29) is 12.5 Å². The molecule has 0 unspecified atom stereocenters.